The van der Waals surface area contributed by atoms with E-state index in [1.807, 2.05) is 12.1 Å². The molecule has 0 fully saturated rings. The topological polar surface area (TPSA) is 12.0 Å². The van der Waals surface area contributed by atoms with Gasteiger partial charge >= 0.3 is 0 Å². The lowest BCUT2D eigenvalue weighted by Gasteiger charge is -2.08. The summed E-state index contributed by atoms with van der Waals surface area (Å²) in [5.74, 6) is -0.115. The fraction of sp³-hybridized carbons (Fsp3) is 0.294. The quantitative estimate of drug-likeness (QED) is 0.804. The molecule has 0 atom stereocenters. The Labute approximate surface area is 114 Å². The minimum atomic E-state index is -0.115. The van der Waals surface area contributed by atoms with Crippen LogP contribution in [0.1, 0.15) is 22.3 Å². The van der Waals surface area contributed by atoms with E-state index in [4.69, 9.17) is 0 Å². The highest BCUT2D eigenvalue weighted by Crippen LogP contribution is 2.09. The van der Waals surface area contributed by atoms with Gasteiger partial charge in [-0.2, -0.15) is 0 Å². The van der Waals surface area contributed by atoms with Gasteiger partial charge in [0.25, 0.3) is 0 Å². The van der Waals surface area contributed by atoms with Crippen molar-refractivity contribution in [3.63, 3.8) is 0 Å². The number of hydrogen-bond donors (Lipinski definition) is 1. The Morgan fingerprint density at radius 2 is 1.68 bits per heavy atom. The molecule has 0 aromatic heterocycles. The summed E-state index contributed by atoms with van der Waals surface area (Å²) in [6.07, 6.45) is 0.720. The van der Waals surface area contributed by atoms with Gasteiger partial charge in [-0.3, -0.25) is 0 Å². The SMILES string of the molecule is Cc1cc(C)cc(CNCCc2ccccc2F)c1. The highest BCUT2D eigenvalue weighted by molar-refractivity contribution is 5.28. The van der Waals surface area contributed by atoms with E-state index in [9.17, 15) is 4.39 Å². The molecule has 0 amide bonds. The largest absolute Gasteiger partial charge is 0.312 e. The van der Waals surface area contributed by atoms with Gasteiger partial charge in [-0.25, -0.2) is 4.39 Å². The van der Waals surface area contributed by atoms with E-state index in [2.05, 4.69) is 37.4 Å². The first-order valence-corrected chi connectivity index (χ1v) is 6.66. The van der Waals surface area contributed by atoms with Crippen molar-refractivity contribution in [2.75, 3.05) is 6.54 Å². The summed E-state index contributed by atoms with van der Waals surface area (Å²) in [5.41, 5.74) is 4.62. The first kappa shape index (κ1) is 13.8. The Balaban J connectivity index is 1.82. The van der Waals surface area contributed by atoms with Crippen molar-refractivity contribution in [1.29, 1.82) is 0 Å². The zero-order valence-electron chi connectivity index (χ0n) is 11.5. The third-order valence-electron chi connectivity index (χ3n) is 3.14. The summed E-state index contributed by atoms with van der Waals surface area (Å²) in [7, 11) is 0. The molecule has 2 aromatic carbocycles. The normalized spacial score (nSPS) is 10.7. The molecule has 1 nitrogen and oxygen atoms in total. The molecule has 2 aromatic rings. The molecule has 0 aliphatic carbocycles. The van der Waals surface area contributed by atoms with Gasteiger partial charge in [0.2, 0.25) is 0 Å². The van der Waals surface area contributed by atoms with Crippen LogP contribution in [0.15, 0.2) is 42.5 Å². The van der Waals surface area contributed by atoms with E-state index in [0.29, 0.717) is 0 Å². The number of halogens is 1. The minimum Gasteiger partial charge on any atom is -0.312 e. The molecule has 2 rings (SSSR count). The number of benzene rings is 2. The van der Waals surface area contributed by atoms with E-state index in [1.165, 1.54) is 22.8 Å². The van der Waals surface area contributed by atoms with Crippen molar-refractivity contribution in [3.8, 4) is 0 Å². The lowest BCUT2D eigenvalue weighted by molar-refractivity contribution is 0.598. The first-order chi connectivity index (χ1) is 9.15. The Morgan fingerprint density at radius 1 is 1.00 bits per heavy atom. The second-order valence-electron chi connectivity index (χ2n) is 5.01. The molecule has 0 spiro atoms. The standard InChI is InChI=1S/C17H20FN/c1-13-9-14(2)11-15(10-13)12-19-8-7-16-5-3-4-6-17(16)18/h3-6,9-11,19H,7-8,12H2,1-2H3. The minimum absolute atomic E-state index is 0.115. The molecular weight excluding hydrogens is 237 g/mol. The van der Waals surface area contributed by atoms with Crippen LogP contribution in [0.5, 0.6) is 0 Å². The second-order valence-corrected chi connectivity index (χ2v) is 5.01. The van der Waals surface area contributed by atoms with Crippen LogP contribution >= 0.6 is 0 Å². The molecule has 0 bridgehead atoms. The predicted octanol–water partition coefficient (Wildman–Crippen LogP) is 3.77. The Kier molecular flexibility index (Phi) is 4.69. The fourth-order valence-corrected chi connectivity index (χ4v) is 2.33. The first-order valence-electron chi connectivity index (χ1n) is 6.66. The van der Waals surface area contributed by atoms with Crippen LogP contribution in [0.4, 0.5) is 4.39 Å². The molecule has 0 aliphatic rings. The van der Waals surface area contributed by atoms with Crippen molar-refractivity contribution < 1.29 is 4.39 Å². The molecule has 19 heavy (non-hydrogen) atoms. The fourth-order valence-electron chi connectivity index (χ4n) is 2.33. The number of aryl methyl sites for hydroxylation is 2. The van der Waals surface area contributed by atoms with Gasteiger partial charge in [0, 0.05) is 6.54 Å². The molecule has 0 radical (unpaired) electrons. The molecular formula is C17H20FN. The molecule has 0 unspecified atom stereocenters. The Bertz CT molecular complexity index is 528. The summed E-state index contributed by atoms with van der Waals surface area (Å²) in [4.78, 5) is 0. The van der Waals surface area contributed by atoms with Crippen molar-refractivity contribution >= 4 is 0 Å². The van der Waals surface area contributed by atoms with E-state index in [0.717, 1.165) is 25.1 Å². The summed E-state index contributed by atoms with van der Waals surface area (Å²) in [6, 6.07) is 13.5. The van der Waals surface area contributed by atoms with Crippen molar-refractivity contribution in [3.05, 3.63) is 70.5 Å². The number of hydrogen-bond acceptors (Lipinski definition) is 1. The Hall–Kier alpha value is -1.67. The summed E-state index contributed by atoms with van der Waals surface area (Å²) < 4.78 is 13.4. The third-order valence-corrected chi connectivity index (χ3v) is 3.14. The van der Waals surface area contributed by atoms with Gasteiger partial charge in [-0.05, 0) is 44.0 Å². The summed E-state index contributed by atoms with van der Waals surface area (Å²) in [5, 5.41) is 3.37. The number of rotatable bonds is 5. The smallest absolute Gasteiger partial charge is 0.126 e. The lowest BCUT2D eigenvalue weighted by Crippen LogP contribution is -2.17. The van der Waals surface area contributed by atoms with Crippen LogP contribution in [0.2, 0.25) is 0 Å². The predicted molar refractivity (Wildman–Crippen MR) is 77.7 cm³/mol. The van der Waals surface area contributed by atoms with Gasteiger partial charge in [0.1, 0.15) is 5.82 Å². The van der Waals surface area contributed by atoms with E-state index in [1.54, 1.807) is 6.07 Å². The summed E-state index contributed by atoms with van der Waals surface area (Å²) >= 11 is 0. The zero-order valence-corrected chi connectivity index (χ0v) is 11.5. The van der Waals surface area contributed by atoms with Gasteiger partial charge in [-0.1, -0.05) is 47.5 Å². The highest BCUT2D eigenvalue weighted by atomic mass is 19.1. The van der Waals surface area contributed by atoms with Crippen LogP contribution in [0.3, 0.4) is 0 Å². The van der Waals surface area contributed by atoms with Crippen molar-refractivity contribution in [2.45, 2.75) is 26.8 Å². The van der Waals surface area contributed by atoms with Crippen LogP contribution < -0.4 is 5.32 Å². The van der Waals surface area contributed by atoms with E-state index in [-0.39, 0.29) is 5.82 Å². The van der Waals surface area contributed by atoms with E-state index >= 15 is 0 Å². The third kappa shape index (κ3) is 4.18. The monoisotopic (exact) mass is 257 g/mol. The molecule has 1 N–H and O–H groups in total. The summed E-state index contributed by atoms with van der Waals surface area (Å²) in [6.45, 7) is 5.83. The molecule has 100 valence electrons. The van der Waals surface area contributed by atoms with Gasteiger partial charge < -0.3 is 5.32 Å². The zero-order chi connectivity index (χ0) is 13.7. The molecule has 2 heteroatoms. The molecule has 0 aliphatic heterocycles. The maximum atomic E-state index is 13.4. The van der Waals surface area contributed by atoms with Gasteiger partial charge in [0.05, 0.1) is 0 Å². The van der Waals surface area contributed by atoms with Crippen molar-refractivity contribution in [2.24, 2.45) is 0 Å². The maximum absolute atomic E-state index is 13.4. The van der Waals surface area contributed by atoms with Crippen molar-refractivity contribution in [1.82, 2.24) is 5.32 Å². The van der Waals surface area contributed by atoms with Gasteiger partial charge in [0.15, 0.2) is 0 Å². The average molecular weight is 257 g/mol. The van der Waals surface area contributed by atoms with Gasteiger partial charge in [-0.15, -0.1) is 0 Å². The highest BCUT2D eigenvalue weighted by Gasteiger charge is 2.00. The lowest BCUT2D eigenvalue weighted by atomic mass is 10.1. The van der Waals surface area contributed by atoms with E-state index < -0.39 is 0 Å². The van der Waals surface area contributed by atoms with Crippen LogP contribution in [0.25, 0.3) is 0 Å². The van der Waals surface area contributed by atoms with Crippen LogP contribution in [0, 0.1) is 19.7 Å². The average Bonchev–Trinajstić information content (AvgIpc) is 2.35. The second kappa shape index (κ2) is 6.48. The van der Waals surface area contributed by atoms with Crippen LogP contribution in [-0.4, -0.2) is 6.54 Å². The van der Waals surface area contributed by atoms with Crippen LogP contribution in [-0.2, 0) is 13.0 Å². The molecule has 0 saturated carbocycles. The molecule has 0 heterocycles. The maximum Gasteiger partial charge on any atom is 0.126 e. The Morgan fingerprint density at radius 3 is 2.37 bits per heavy atom. The molecule has 0 saturated heterocycles. The number of nitrogens with one attached hydrogen (secondary N) is 1.